The van der Waals surface area contributed by atoms with Crippen molar-refractivity contribution in [2.45, 2.75) is 78.5 Å². The van der Waals surface area contributed by atoms with Crippen LogP contribution in [0.1, 0.15) is 54.4 Å². The van der Waals surface area contributed by atoms with Crippen LogP contribution in [0.4, 0.5) is 4.79 Å². The fourth-order valence-electron chi connectivity index (χ4n) is 3.69. The third-order valence-electron chi connectivity index (χ3n) is 5.27. The van der Waals surface area contributed by atoms with Crippen LogP contribution < -0.4 is 0 Å². The fourth-order valence-corrected chi connectivity index (χ4v) is 3.69. The lowest BCUT2D eigenvalue weighted by Crippen LogP contribution is -2.56. The summed E-state index contributed by atoms with van der Waals surface area (Å²) in [5.41, 5.74) is 8.45. The van der Waals surface area contributed by atoms with Crippen LogP contribution in [0.3, 0.4) is 0 Å². The number of ether oxygens (including phenoxy) is 4. The first-order valence-electron chi connectivity index (χ1n) is 9.40. The maximum atomic E-state index is 12.9. The van der Waals surface area contributed by atoms with Crippen molar-refractivity contribution < 1.29 is 28.5 Å². The van der Waals surface area contributed by atoms with Crippen LogP contribution in [-0.2, 0) is 23.7 Å². The molecule has 5 atom stereocenters. The van der Waals surface area contributed by atoms with Crippen LogP contribution >= 0.6 is 0 Å². The molecule has 156 valence electrons. The Hall–Kier alpha value is -2.09. The average molecular weight is 395 g/mol. The lowest BCUT2D eigenvalue weighted by molar-refractivity contribution is -0.198. The zero-order valence-corrected chi connectivity index (χ0v) is 17.3. The van der Waals surface area contributed by atoms with Gasteiger partial charge in [-0.15, -0.1) is 0 Å². The van der Waals surface area contributed by atoms with Crippen LogP contribution in [0.2, 0.25) is 0 Å². The highest BCUT2D eigenvalue weighted by Crippen LogP contribution is 2.43. The van der Waals surface area contributed by atoms with Crippen molar-refractivity contribution in [3.8, 4) is 0 Å². The molecule has 1 amide bonds. The van der Waals surface area contributed by atoms with E-state index in [4.69, 9.17) is 24.5 Å². The van der Waals surface area contributed by atoms with Gasteiger partial charge in [-0.1, -0.05) is 18.6 Å². The molecular weight excluding hydrogens is 366 g/mol. The number of azide groups is 1. The molecule has 0 N–H and O–H groups in total. The molecule has 0 aromatic rings. The summed E-state index contributed by atoms with van der Waals surface area (Å²) in [7, 11) is 0. The molecule has 2 fully saturated rings. The fraction of sp³-hybridized carbons (Fsp3) is 0.789. The van der Waals surface area contributed by atoms with E-state index in [0.29, 0.717) is 19.4 Å². The smallest absolute Gasteiger partial charge is 0.397 e. The average Bonchev–Trinajstić information content (AvgIpc) is 2.94. The normalized spacial score (nSPS) is 34.1. The Kier molecular flexibility index (Phi) is 6.75. The number of esters is 1. The Balaban J connectivity index is 2.25. The molecule has 28 heavy (non-hydrogen) atoms. The molecule has 0 spiro atoms. The first-order chi connectivity index (χ1) is 13.0. The lowest BCUT2D eigenvalue weighted by atomic mass is 9.71. The Bertz CT molecular complexity index is 696. The summed E-state index contributed by atoms with van der Waals surface area (Å²) >= 11 is 0. The number of allylic oxidation sites excluding steroid dienone is 2. The SMILES string of the molecule is CC(C)=CC[C@]1(C)C(=O)O[C@H](C[C@H]2COC(C)(C)O2)[C@@H](C)[C@@H]1OC(=O)N=[N+]=[N-]. The van der Waals surface area contributed by atoms with Gasteiger partial charge < -0.3 is 18.9 Å². The molecule has 0 aromatic carbocycles. The number of hydrogen-bond donors (Lipinski definition) is 0. The number of rotatable bonds is 5. The van der Waals surface area contributed by atoms with Crippen molar-refractivity contribution in [3.05, 3.63) is 22.1 Å². The molecule has 0 bridgehead atoms. The van der Waals surface area contributed by atoms with Crippen molar-refractivity contribution in [2.75, 3.05) is 6.61 Å². The number of carbonyl (C=O) groups is 2. The Labute approximate surface area is 165 Å². The van der Waals surface area contributed by atoms with Gasteiger partial charge in [-0.2, -0.15) is 0 Å². The highest BCUT2D eigenvalue weighted by atomic mass is 16.7. The number of carbonyl (C=O) groups excluding carboxylic acids is 2. The lowest BCUT2D eigenvalue weighted by Gasteiger charge is -2.45. The molecule has 9 nitrogen and oxygen atoms in total. The third-order valence-corrected chi connectivity index (χ3v) is 5.27. The van der Waals surface area contributed by atoms with E-state index >= 15 is 0 Å². The summed E-state index contributed by atoms with van der Waals surface area (Å²) in [6.45, 7) is 11.4. The van der Waals surface area contributed by atoms with Crippen molar-refractivity contribution in [1.82, 2.24) is 0 Å². The zero-order valence-electron chi connectivity index (χ0n) is 17.3. The molecule has 2 rings (SSSR count). The second kappa shape index (κ2) is 8.51. The van der Waals surface area contributed by atoms with Gasteiger partial charge in [0.1, 0.15) is 17.6 Å². The van der Waals surface area contributed by atoms with E-state index in [1.165, 1.54) is 0 Å². The van der Waals surface area contributed by atoms with Gasteiger partial charge in [-0.3, -0.25) is 4.79 Å². The number of nitrogens with zero attached hydrogens (tertiary/aromatic N) is 3. The van der Waals surface area contributed by atoms with E-state index in [0.717, 1.165) is 5.57 Å². The first kappa shape index (κ1) is 22.2. The quantitative estimate of drug-likeness (QED) is 0.225. The second-order valence-electron chi connectivity index (χ2n) is 8.39. The molecule has 0 aromatic heterocycles. The first-order valence-corrected chi connectivity index (χ1v) is 9.40. The van der Waals surface area contributed by atoms with Crippen LogP contribution in [0.5, 0.6) is 0 Å². The Morgan fingerprint density at radius 3 is 2.61 bits per heavy atom. The van der Waals surface area contributed by atoms with Gasteiger partial charge in [-0.25, -0.2) is 4.79 Å². The van der Waals surface area contributed by atoms with Crippen molar-refractivity contribution in [1.29, 1.82) is 0 Å². The van der Waals surface area contributed by atoms with E-state index < -0.39 is 35.5 Å². The highest BCUT2D eigenvalue weighted by molar-refractivity contribution is 5.79. The van der Waals surface area contributed by atoms with Crippen molar-refractivity contribution in [3.63, 3.8) is 0 Å². The summed E-state index contributed by atoms with van der Waals surface area (Å²) < 4.78 is 22.6. The topological polar surface area (TPSA) is 120 Å². The second-order valence-corrected chi connectivity index (χ2v) is 8.39. The summed E-state index contributed by atoms with van der Waals surface area (Å²) in [6.07, 6.45) is 0.0595. The Morgan fingerprint density at radius 1 is 1.39 bits per heavy atom. The minimum Gasteiger partial charge on any atom is -0.461 e. The highest BCUT2D eigenvalue weighted by Gasteiger charge is 2.54. The summed E-state index contributed by atoms with van der Waals surface area (Å²) in [5.74, 6) is -1.46. The summed E-state index contributed by atoms with van der Waals surface area (Å²) in [6, 6.07) is 0. The molecule has 2 saturated heterocycles. The van der Waals surface area contributed by atoms with Crippen molar-refractivity contribution in [2.24, 2.45) is 16.4 Å². The minimum absolute atomic E-state index is 0.231. The van der Waals surface area contributed by atoms with Gasteiger partial charge in [0.15, 0.2) is 5.79 Å². The van der Waals surface area contributed by atoms with Gasteiger partial charge >= 0.3 is 12.1 Å². The minimum atomic E-state index is -1.08. The molecule has 2 aliphatic rings. The van der Waals surface area contributed by atoms with E-state index in [-0.39, 0.29) is 12.0 Å². The van der Waals surface area contributed by atoms with Gasteiger partial charge in [0, 0.05) is 22.4 Å². The Morgan fingerprint density at radius 2 is 2.07 bits per heavy atom. The predicted octanol–water partition coefficient (Wildman–Crippen LogP) is 4.27. The number of amides is 1. The van der Waals surface area contributed by atoms with E-state index in [9.17, 15) is 9.59 Å². The molecule has 9 heteroatoms. The van der Waals surface area contributed by atoms with Crippen LogP contribution in [0.25, 0.3) is 10.4 Å². The van der Waals surface area contributed by atoms with E-state index in [1.807, 2.05) is 40.7 Å². The monoisotopic (exact) mass is 395 g/mol. The molecule has 2 aliphatic heterocycles. The van der Waals surface area contributed by atoms with Gasteiger partial charge in [0.05, 0.1) is 12.7 Å². The van der Waals surface area contributed by atoms with E-state index in [2.05, 4.69) is 10.0 Å². The van der Waals surface area contributed by atoms with Gasteiger partial charge in [-0.05, 0) is 46.6 Å². The largest absolute Gasteiger partial charge is 0.461 e. The van der Waals surface area contributed by atoms with Crippen LogP contribution in [0, 0.1) is 11.3 Å². The van der Waals surface area contributed by atoms with Crippen LogP contribution in [-0.4, -0.2) is 42.8 Å². The van der Waals surface area contributed by atoms with Crippen molar-refractivity contribution >= 4 is 12.1 Å². The summed E-state index contributed by atoms with van der Waals surface area (Å²) in [5, 5.41) is 2.99. The maximum absolute atomic E-state index is 12.9. The molecule has 0 unspecified atom stereocenters. The number of hydrogen-bond acceptors (Lipinski definition) is 6. The van der Waals surface area contributed by atoms with Crippen LogP contribution in [0.15, 0.2) is 16.8 Å². The molecule has 0 saturated carbocycles. The van der Waals surface area contributed by atoms with E-state index in [1.54, 1.807) is 6.92 Å². The molecule has 0 radical (unpaired) electrons. The van der Waals surface area contributed by atoms with Gasteiger partial charge in [0.2, 0.25) is 0 Å². The molecule has 0 aliphatic carbocycles. The third kappa shape index (κ3) is 5.04. The zero-order chi connectivity index (χ0) is 21.1. The predicted molar refractivity (Wildman–Crippen MR) is 100 cm³/mol. The molecular formula is C19H29N3O6. The standard InChI is InChI=1S/C19H29N3O6/c1-11(2)7-8-19(6)15(27-17(24)21-22-20)12(3)14(26-16(19)23)9-13-10-25-18(4,5)28-13/h7,12-15H,8-10H2,1-6H3/t12-,13+,14-,15+,19+/m1/s1. The molecule has 2 heterocycles. The number of cyclic esters (lactones) is 1. The maximum Gasteiger partial charge on any atom is 0.397 e. The van der Waals surface area contributed by atoms with Gasteiger partial charge in [0.25, 0.3) is 0 Å². The summed E-state index contributed by atoms with van der Waals surface area (Å²) in [4.78, 5) is 27.3.